The van der Waals surface area contributed by atoms with Gasteiger partial charge in [-0.1, -0.05) is 30.3 Å². The molecule has 2 aromatic heterocycles. The lowest BCUT2D eigenvalue weighted by molar-refractivity contribution is -0.143. The summed E-state index contributed by atoms with van der Waals surface area (Å²) < 4.78 is 7.25. The Hall–Kier alpha value is -3.64. The molecule has 5 rings (SSSR count). The topological polar surface area (TPSA) is 60.8 Å². The average molecular weight is 430 g/mol. The third kappa shape index (κ3) is 3.35. The van der Waals surface area contributed by atoms with E-state index in [0.29, 0.717) is 5.75 Å². The van der Waals surface area contributed by atoms with E-state index in [1.165, 1.54) is 17.1 Å². The van der Waals surface area contributed by atoms with E-state index in [-0.39, 0.29) is 12.2 Å². The van der Waals surface area contributed by atoms with Crippen molar-refractivity contribution in [1.82, 2.24) is 9.63 Å². The first-order chi connectivity index (χ1) is 15.2. The number of nitrogens with zero attached hydrogens (tertiary/aromatic N) is 2. The lowest BCUT2D eigenvalue weighted by Crippen LogP contribution is -2.25. The zero-order valence-corrected chi connectivity index (χ0v) is 17.5. The van der Waals surface area contributed by atoms with E-state index in [9.17, 15) is 9.59 Å². The maximum absolute atomic E-state index is 12.6. The van der Waals surface area contributed by atoms with Crippen LogP contribution in [0.1, 0.15) is 18.2 Å². The molecule has 3 heterocycles. The minimum Gasteiger partial charge on any atom is -0.426 e. The van der Waals surface area contributed by atoms with Gasteiger partial charge in [-0.3, -0.25) is 14.2 Å². The van der Waals surface area contributed by atoms with Gasteiger partial charge in [0.2, 0.25) is 5.82 Å². The monoisotopic (exact) mass is 430 g/mol. The number of esters is 1. The van der Waals surface area contributed by atoms with Crippen LogP contribution < -0.4 is 4.74 Å². The maximum atomic E-state index is 12.6. The van der Waals surface area contributed by atoms with Gasteiger partial charge in [0.15, 0.2) is 5.94 Å². The van der Waals surface area contributed by atoms with Gasteiger partial charge in [-0.05, 0) is 47.3 Å². The van der Waals surface area contributed by atoms with Gasteiger partial charge in [0.25, 0.3) is 0 Å². The molecule has 1 aliphatic heterocycles. The number of hydrogen-bond donors (Lipinski definition) is 0. The first-order valence-corrected chi connectivity index (χ1v) is 10.6. The molecule has 0 fully saturated rings. The molecule has 0 radical (unpaired) electrons. The number of hydrogen-bond acceptors (Lipinski definition) is 6. The number of carbonyl (C=O) groups excluding carboxylic acids is 2. The van der Waals surface area contributed by atoms with E-state index >= 15 is 0 Å². The van der Waals surface area contributed by atoms with Crippen LogP contribution in [0.5, 0.6) is 5.75 Å². The standard InChI is InChI=1S/C24H18N2O4S/c1-29-26-21(14-24(28)30-18-6-3-2-4-7-18)20-13-17-12-16(22-8-5-11-31-22)9-10-19(17)25(20)23(26)15-27/h2-13,21H,14H2,1H3. The number of para-hydroxylation sites is 1. The van der Waals surface area contributed by atoms with Crippen LogP contribution in [0.25, 0.3) is 27.2 Å². The molecule has 0 spiro atoms. The second kappa shape index (κ2) is 7.89. The molecule has 2 aromatic carbocycles. The summed E-state index contributed by atoms with van der Waals surface area (Å²) in [6, 6.07) is 20.6. The summed E-state index contributed by atoms with van der Waals surface area (Å²) >= 11 is 1.67. The molecule has 0 N–H and O–H groups in total. The molecule has 0 aliphatic carbocycles. The number of rotatable bonds is 5. The highest BCUT2D eigenvalue weighted by atomic mass is 32.1. The van der Waals surface area contributed by atoms with E-state index < -0.39 is 12.0 Å². The van der Waals surface area contributed by atoms with Crippen molar-refractivity contribution in [3.05, 3.63) is 77.8 Å². The number of carbonyl (C=O) groups is 1. The molecule has 0 bridgehead atoms. The van der Waals surface area contributed by atoms with Crippen molar-refractivity contribution in [3.8, 4) is 16.2 Å². The fourth-order valence-electron chi connectivity index (χ4n) is 3.99. The molecule has 154 valence electrons. The Morgan fingerprint density at radius 1 is 1.10 bits per heavy atom. The van der Waals surface area contributed by atoms with Crippen molar-refractivity contribution in [2.45, 2.75) is 12.5 Å². The van der Waals surface area contributed by atoms with Crippen molar-refractivity contribution >= 4 is 40.0 Å². The second-order valence-corrected chi connectivity index (χ2v) is 8.04. The molecule has 1 aliphatic rings. The van der Waals surface area contributed by atoms with Crippen LogP contribution in [0.15, 0.2) is 72.1 Å². The molecule has 7 heteroatoms. The molecule has 1 unspecified atom stereocenters. The number of benzene rings is 2. The Morgan fingerprint density at radius 2 is 1.94 bits per heavy atom. The Morgan fingerprint density at radius 3 is 2.65 bits per heavy atom. The average Bonchev–Trinajstić information content (AvgIpc) is 3.50. The van der Waals surface area contributed by atoms with Crippen molar-refractivity contribution in [1.29, 1.82) is 0 Å². The van der Waals surface area contributed by atoms with Crippen LogP contribution in [0.3, 0.4) is 0 Å². The van der Waals surface area contributed by atoms with Gasteiger partial charge in [-0.2, -0.15) is 0 Å². The SMILES string of the molecule is CON1C(=C=O)n2c(cc3cc(-c4cccs4)ccc32)C1CC(=O)Oc1ccccc1. The van der Waals surface area contributed by atoms with Gasteiger partial charge >= 0.3 is 5.97 Å². The highest BCUT2D eigenvalue weighted by Gasteiger charge is 2.39. The lowest BCUT2D eigenvalue weighted by atomic mass is 10.1. The predicted molar refractivity (Wildman–Crippen MR) is 119 cm³/mol. The van der Waals surface area contributed by atoms with Crippen molar-refractivity contribution in [3.63, 3.8) is 0 Å². The largest absolute Gasteiger partial charge is 0.426 e. The summed E-state index contributed by atoms with van der Waals surface area (Å²) in [5.41, 5.74) is 2.74. The quantitative estimate of drug-likeness (QED) is 0.256. The van der Waals surface area contributed by atoms with Crippen LogP contribution >= 0.6 is 11.3 Å². The van der Waals surface area contributed by atoms with Crippen LogP contribution in [0.4, 0.5) is 0 Å². The second-order valence-electron chi connectivity index (χ2n) is 7.10. The summed E-state index contributed by atoms with van der Waals surface area (Å²) in [4.78, 5) is 31.1. The molecule has 1 atom stereocenters. The third-order valence-corrected chi connectivity index (χ3v) is 6.22. The van der Waals surface area contributed by atoms with Gasteiger partial charge in [-0.15, -0.1) is 11.3 Å². The maximum Gasteiger partial charge on any atom is 0.313 e. The smallest absolute Gasteiger partial charge is 0.313 e. The van der Waals surface area contributed by atoms with Crippen molar-refractivity contribution < 1.29 is 19.2 Å². The normalized spacial score (nSPS) is 15.2. The highest BCUT2D eigenvalue weighted by molar-refractivity contribution is 7.13. The zero-order chi connectivity index (χ0) is 21.4. The molecule has 4 aromatic rings. The Labute approximate surface area is 182 Å². The minimum atomic E-state index is -0.504. The molecule has 6 nitrogen and oxygen atoms in total. The van der Waals surface area contributed by atoms with Crippen molar-refractivity contribution in [2.75, 3.05) is 7.11 Å². The van der Waals surface area contributed by atoms with E-state index in [1.807, 2.05) is 41.7 Å². The Balaban J connectivity index is 1.53. The number of aromatic nitrogens is 1. The van der Waals surface area contributed by atoms with Crippen LogP contribution in [-0.2, 0) is 14.4 Å². The minimum absolute atomic E-state index is 0.0159. The summed E-state index contributed by atoms with van der Waals surface area (Å²) in [6.45, 7) is 0. The number of hydroxylamine groups is 2. The number of ether oxygens (including phenoxy) is 1. The molecular formula is C24H18N2O4S. The van der Waals surface area contributed by atoms with Gasteiger partial charge in [0, 0.05) is 10.3 Å². The van der Waals surface area contributed by atoms with E-state index in [4.69, 9.17) is 9.57 Å². The van der Waals surface area contributed by atoms with Gasteiger partial charge in [-0.25, -0.2) is 9.86 Å². The highest BCUT2D eigenvalue weighted by Crippen LogP contribution is 2.42. The predicted octanol–water partition coefficient (Wildman–Crippen LogP) is 4.91. The van der Waals surface area contributed by atoms with E-state index in [0.717, 1.165) is 22.2 Å². The van der Waals surface area contributed by atoms with Crippen LogP contribution in [-0.4, -0.2) is 28.7 Å². The van der Waals surface area contributed by atoms with E-state index in [2.05, 4.69) is 12.1 Å². The zero-order valence-electron chi connectivity index (χ0n) is 16.6. The number of fused-ring (bicyclic) bond motifs is 3. The summed E-state index contributed by atoms with van der Waals surface area (Å²) in [7, 11) is 1.47. The van der Waals surface area contributed by atoms with Crippen LogP contribution in [0.2, 0.25) is 0 Å². The van der Waals surface area contributed by atoms with Crippen molar-refractivity contribution in [2.24, 2.45) is 0 Å². The summed E-state index contributed by atoms with van der Waals surface area (Å²) in [5.74, 6) is 2.25. The fourth-order valence-corrected chi connectivity index (χ4v) is 4.72. The molecular weight excluding hydrogens is 412 g/mol. The molecule has 31 heavy (non-hydrogen) atoms. The first-order valence-electron chi connectivity index (χ1n) is 9.73. The van der Waals surface area contributed by atoms with Gasteiger partial charge < -0.3 is 4.74 Å². The Bertz CT molecular complexity index is 1300. The summed E-state index contributed by atoms with van der Waals surface area (Å²) in [6.07, 6.45) is 0.0159. The summed E-state index contributed by atoms with van der Waals surface area (Å²) in [5, 5.41) is 4.43. The lowest BCUT2D eigenvalue weighted by Gasteiger charge is -2.22. The molecule has 0 saturated heterocycles. The van der Waals surface area contributed by atoms with Gasteiger partial charge in [0.1, 0.15) is 11.8 Å². The number of thiophene rings is 1. The third-order valence-electron chi connectivity index (χ3n) is 5.30. The van der Waals surface area contributed by atoms with Crippen LogP contribution in [0, 0.1) is 0 Å². The van der Waals surface area contributed by atoms with Gasteiger partial charge in [0.05, 0.1) is 24.7 Å². The van der Waals surface area contributed by atoms with E-state index in [1.54, 1.807) is 40.2 Å². The molecule has 0 saturated carbocycles. The Kier molecular flexibility index (Phi) is 4.92. The fraction of sp³-hybridized carbons (Fsp3) is 0.125. The first kappa shape index (κ1) is 19.3. The molecule has 0 amide bonds.